The summed E-state index contributed by atoms with van der Waals surface area (Å²) in [5.41, 5.74) is 1.26. The molecule has 130 valence electrons. The van der Waals surface area contributed by atoms with Crippen molar-refractivity contribution in [2.45, 2.75) is 31.0 Å². The summed E-state index contributed by atoms with van der Waals surface area (Å²) in [4.78, 5) is -0.588. The molecule has 0 saturated carbocycles. The third-order valence-corrected chi connectivity index (χ3v) is 4.61. The molecule has 4 nitrogen and oxygen atoms in total. The lowest BCUT2D eigenvalue weighted by Gasteiger charge is -2.14. The van der Waals surface area contributed by atoms with Gasteiger partial charge in [-0.3, -0.25) is 4.72 Å². The second kappa shape index (κ2) is 6.72. The average Bonchev–Trinajstić information content (AvgIpc) is 2.46. The fraction of sp³-hybridized carbons (Fsp3) is 0.250. The van der Waals surface area contributed by atoms with Crippen LogP contribution in [0.25, 0.3) is 0 Å². The van der Waals surface area contributed by atoms with Crippen LogP contribution in [-0.2, 0) is 10.0 Å². The van der Waals surface area contributed by atoms with Gasteiger partial charge in [-0.1, -0.05) is 38.1 Å². The molecule has 0 radical (unpaired) electrons. The number of benzene rings is 2. The summed E-state index contributed by atoms with van der Waals surface area (Å²) < 4.78 is 68.0. The first-order chi connectivity index (χ1) is 11.1. The minimum Gasteiger partial charge on any atom is -0.404 e. The number of para-hydroxylation sites is 1. The summed E-state index contributed by atoms with van der Waals surface area (Å²) in [5, 5.41) is 0. The maximum absolute atomic E-state index is 12.4. The number of ether oxygens (including phenoxy) is 1. The molecule has 0 atom stereocenters. The fourth-order valence-corrected chi connectivity index (χ4v) is 3.22. The van der Waals surface area contributed by atoms with Gasteiger partial charge in [0.25, 0.3) is 10.0 Å². The Balaban J connectivity index is 2.31. The minimum absolute atomic E-state index is 0.251. The van der Waals surface area contributed by atoms with Crippen molar-refractivity contribution in [3.05, 3.63) is 54.1 Å². The molecule has 0 bridgehead atoms. The third-order valence-electron chi connectivity index (χ3n) is 3.19. The molecule has 0 aromatic heterocycles. The van der Waals surface area contributed by atoms with E-state index in [1.54, 1.807) is 24.3 Å². The number of alkyl halides is 3. The lowest BCUT2D eigenvalue weighted by molar-refractivity contribution is -0.275. The molecule has 24 heavy (non-hydrogen) atoms. The molecule has 2 aromatic rings. The molecule has 0 spiro atoms. The van der Waals surface area contributed by atoms with Crippen LogP contribution in [0.2, 0.25) is 0 Å². The Kier molecular flexibility index (Phi) is 5.08. The molecule has 1 N–H and O–H groups in total. The van der Waals surface area contributed by atoms with Crippen LogP contribution in [0.15, 0.2) is 53.4 Å². The van der Waals surface area contributed by atoms with Crippen molar-refractivity contribution in [2.75, 3.05) is 4.72 Å². The topological polar surface area (TPSA) is 55.4 Å². The van der Waals surface area contributed by atoms with Crippen molar-refractivity contribution >= 4 is 15.7 Å². The number of hydrogen-bond donors (Lipinski definition) is 1. The zero-order valence-corrected chi connectivity index (χ0v) is 13.8. The zero-order valence-electron chi connectivity index (χ0n) is 13.0. The second-order valence-electron chi connectivity index (χ2n) is 5.38. The maximum Gasteiger partial charge on any atom is 0.573 e. The lowest BCUT2D eigenvalue weighted by Crippen LogP contribution is -2.20. The quantitative estimate of drug-likeness (QED) is 0.855. The molecule has 0 saturated heterocycles. The Bertz CT molecular complexity index is 800. The molecule has 0 fully saturated rings. The monoisotopic (exact) mass is 359 g/mol. The van der Waals surface area contributed by atoms with Crippen molar-refractivity contribution in [1.82, 2.24) is 0 Å². The van der Waals surface area contributed by atoms with Crippen LogP contribution in [0.1, 0.15) is 25.3 Å². The maximum atomic E-state index is 12.4. The van der Waals surface area contributed by atoms with E-state index >= 15 is 0 Å². The van der Waals surface area contributed by atoms with E-state index in [9.17, 15) is 21.6 Å². The van der Waals surface area contributed by atoms with Gasteiger partial charge in [0.2, 0.25) is 0 Å². The number of hydrogen-bond acceptors (Lipinski definition) is 3. The highest BCUT2D eigenvalue weighted by atomic mass is 32.2. The highest BCUT2D eigenvalue weighted by Crippen LogP contribution is 2.30. The van der Waals surface area contributed by atoms with Gasteiger partial charge in [-0.05, 0) is 35.7 Å². The summed E-state index contributed by atoms with van der Waals surface area (Å²) in [6.07, 6.45) is -4.98. The van der Waals surface area contributed by atoms with Gasteiger partial charge in [0.1, 0.15) is 10.6 Å². The van der Waals surface area contributed by atoms with Crippen LogP contribution < -0.4 is 9.46 Å². The Morgan fingerprint density at radius 3 is 2.12 bits per heavy atom. The number of rotatable bonds is 5. The van der Waals surface area contributed by atoms with Gasteiger partial charge in [-0.2, -0.15) is 0 Å². The lowest BCUT2D eigenvalue weighted by atomic mass is 10.0. The SMILES string of the molecule is CC(C)c1ccc(NS(=O)(=O)c2ccccc2OC(F)(F)F)cc1. The molecule has 0 amide bonds. The standard InChI is InChI=1S/C16H16F3NO3S/c1-11(2)12-7-9-13(10-8-12)20-24(21,22)15-6-4-3-5-14(15)23-16(17,18)19/h3-11,20H,1-2H3. The van der Waals surface area contributed by atoms with Crippen molar-refractivity contribution in [3.63, 3.8) is 0 Å². The van der Waals surface area contributed by atoms with Crippen molar-refractivity contribution in [3.8, 4) is 5.75 Å². The molecule has 8 heteroatoms. The van der Waals surface area contributed by atoms with Gasteiger partial charge in [-0.25, -0.2) is 8.42 Å². The summed E-state index contributed by atoms with van der Waals surface area (Å²) in [6.45, 7) is 3.98. The van der Waals surface area contributed by atoms with Gasteiger partial charge >= 0.3 is 6.36 Å². The van der Waals surface area contributed by atoms with Crippen LogP contribution in [-0.4, -0.2) is 14.8 Å². The van der Waals surface area contributed by atoms with Gasteiger partial charge in [-0.15, -0.1) is 13.2 Å². The first kappa shape index (κ1) is 18.1. The molecule has 0 aliphatic heterocycles. The molecule has 0 heterocycles. The van der Waals surface area contributed by atoms with E-state index in [4.69, 9.17) is 0 Å². The Hall–Kier alpha value is -2.22. The number of nitrogens with one attached hydrogen (secondary N) is 1. The smallest absolute Gasteiger partial charge is 0.404 e. The van der Waals surface area contributed by atoms with Gasteiger partial charge in [0.05, 0.1) is 0 Å². The summed E-state index contributed by atoms with van der Waals surface area (Å²) in [7, 11) is -4.22. The number of anilines is 1. The first-order valence-electron chi connectivity index (χ1n) is 7.06. The van der Waals surface area contributed by atoms with Crippen molar-refractivity contribution in [1.29, 1.82) is 0 Å². The van der Waals surface area contributed by atoms with E-state index < -0.39 is 27.0 Å². The molecule has 0 aliphatic rings. The number of sulfonamides is 1. The van der Waals surface area contributed by atoms with Crippen LogP contribution in [0.4, 0.5) is 18.9 Å². The normalized spacial score (nSPS) is 12.2. The Morgan fingerprint density at radius 2 is 1.58 bits per heavy atom. The third kappa shape index (κ3) is 4.64. The average molecular weight is 359 g/mol. The second-order valence-corrected chi connectivity index (χ2v) is 7.03. The molecule has 2 rings (SSSR count). The van der Waals surface area contributed by atoms with Gasteiger partial charge in [0.15, 0.2) is 0 Å². The fourth-order valence-electron chi connectivity index (χ4n) is 2.03. The number of halogens is 3. The van der Waals surface area contributed by atoms with E-state index in [-0.39, 0.29) is 11.6 Å². The first-order valence-corrected chi connectivity index (χ1v) is 8.54. The van der Waals surface area contributed by atoms with E-state index in [2.05, 4.69) is 9.46 Å². The predicted octanol–water partition coefficient (Wildman–Crippen LogP) is 4.51. The molecular formula is C16H16F3NO3S. The Labute approximate surface area is 138 Å². The van der Waals surface area contributed by atoms with E-state index in [0.29, 0.717) is 0 Å². The largest absolute Gasteiger partial charge is 0.573 e. The molecule has 2 aromatic carbocycles. The van der Waals surface area contributed by atoms with Crippen molar-refractivity contribution < 1.29 is 26.3 Å². The molecular weight excluding hydrogens is 343 g/mol. The van der Waals surface area contributed by atoms with Gasteiger partial charge in [0, 0.05) is 5.69 Å². The van der Waals surface area contributed by atoms with Crippen LogP contribution >= 0.6 is 0 Å². The summed E-state index contributed by atoms with van der Waals surface area (Å²) >= 11 is 0. The summed E-state index contributed by atoms with van der Waals surface area (Å²) in [6, 6.07) is 11.2. The van der Waals surface area contributed by atoms with Gasteiger partial charge < -0.3 is 4.74 Å². The van der Waals surface area contributed by atoms with Crippen LogP contribution in [0, 0.1) is 0 Å². The van der Waals surface area contributed by atoms with Crippen molar-refractivity contribution in [2.24, 2.45) is 0 Å². The van der Waals surface area contributed by atoms with Crippen LogP contribution in [0.5, 0.6) is 5.75 Å². The van der Waals surface area contributed by atoms with E-state index in [1.165, 1.54) is 12.1 Å². The highest BCUT2D eigenvalue weighted by molar-refractivity contribution is 7.92. The van der Waals surface area contributed by atoms with E-state index in [0.717, 1.165) is 17.7 Å². The molecule has 0 unspecified atom stereocenters. The minimum atomic E-state index is -4.98. The molecule has 0 aliphatic carbocycles. The van der Waals surface area contributed by atoms with E-state index in [1.807, 2.05) is 13.8 Å². The highest BCUT2D eigenvalue weighted by Gasteiger charge is 2.34. The zero-order chi connectivity index (χ0) is 18.0. The summed E-state index contributed by atoms with van der Waals surface area (Å²) in [5.74, 6) is -0.507. The Morgan fingerprint density at radius 1 is 1.00 bits per heavy atom. The predicted molar refractivity (Wildman–Crippen MR) is 84.5 cm³/mol. The van der Waals surface area contributed by atoms with Crippen LogP contribution in [0.3, 0.4) is 0 Å².